The van der Waals surface area contributed by atoms with Crippen LogP contribution in [0.2, 0.25) is 5.02 Å². The van der Waals surface area contributed by atoms with E-state index in [-0.39, 0.29) is 17.2 Å². The van der Waals surface area contributed by atoms with E-state index in [1.54, 1.807) is 30.5 Å². The molecule has 0 spiro atoms. The zero-order valence-corrected chi connectivity index (χ0v) is 18.5. The number of nitrogens with one attached hydrogen (secondary N) is 1. The molecule has 0 fully saturated rings. The standard InChI is InChI=1S/C20H18ClN3O4S2/c1-24-19(26)17-10-3-2-4-15(10)30-18(17)23-20(24)29-9-16(25)22-12-8-14-13(7-11(12)21)27-5-6-28-14/h7-8H,2-6,9H2,1H3,(H,22,25). The van der Waals surface area contributed by atoms with E-state index >= 15 is 0 Å². The second kappa shape index (κ2) is 7.79. The Labute approximate surface area is 185 Å². The molecule has 1 aromatic carbocycles. The molecule has 30 heavy (non-hydrogen) atoms. The molecule has 2 aromatic heterocycles. The molecule has 5 rings (SSSR count). The van der Waals surface area contributed by atoms with Gasteiger partial charge < -0.3 is 14.8 Å². The van der Waals surface area contributed by atoms with Gasteiger partial charge in [0.05, 0.1) is 21.8 Å². The van der Waals surface area contributed by atoms with Gasteiger partial charge in [0.25, 0.3) is 5.56 Å². The number of carbonyl (C=O) groups excluding carboxylic acids is 1. The van der Waals surface area contributed by atoms with Crippen LogP contribution in [0.1, 0.15) is 16.9 Å². The van der Waals surface area contributed by atoms with Crippen LogP contribution in [0.3, 0.4) is 0 Å². The lowest BCUT2D eigenvalue weighted by molar-refractivity contribution is -0.113. The molecule has 2 aliphatic rings. The molecule has 156 valence electrons. The monoisotopic (exact) mass is 463 g/mol. The van der Waals surface area contributed by atoms with Gasteiger partial charge in [-0.3, -0.25) is 14.2 Å². The lowest BCUT2D eigenvalue weighted by Crippen LogP contribution is -2.21. The summed E-state index contributed by atoms with van der Waals surface area (Å²) in [6, 6.07) is 3.29. The summed E-state index contributed by atoms with van der Waals surface area (Å²) in [6.45, 7) is 0.918. The number of benzene rings is 1. The Bertz CT molecular complexity index is 1240. The van der Waals surface area contributed by atoms with Crippen LogP contribution in [0, 0.1) is 0 Å². The predicted molar refractivity (Wildman–Crippen MR) is 119 cm³/mol. The smallest absolute Gasteiger partial charge is 0.262 e. The fourth-order valence-electron chi connectivity index (χ4n) is 3.71. The summed E-state index contributed by atoms with van der Waals surface area (Å²) in [5, 5.41) is 4.43. The normalized spacial score (nSPS) is 14.7. The van der Waals surface area contributed by atoms with Crippen molar-refractivity contribution in [2.45, 2.75) is 24.4 Å². The van der Waals surface area contributed by atoms with E-state index in [0.717, 1.165) is 35.0 Å². The molecular weight excluding hydrogens is 446 g/mol. The van der Waals surface area contributed by atoms with Crippen LogP contribution in [0.25, 0.3) is 10.2 Å². The molecule has 1 N–H and O–H groups in total. The van der Waals surface area contributed by atoms with Gasteiger partial charge in [0.1, 0.15) is 18.0 Å². The van der Waals surface area contributed by atoms with Gasteiger partial charge in [-0.1, -0.05) is 23.4 Å². The van der Waals surface area contributed by atoms with Crippen LogP contribution in [0.4, 0.5) is 5.69 Å². The lowest BCUT2D eigenvalue weighted by atomic mass is 10.2. The van der Waals surface area contributed by atoms with Crippen LogP contribution in [-0.2, 0) is 24.7 Å². The van der Waals surface area contributed by atoms with Crippen LogP contribution in [0.15, 0.2) is 22.1 Å². The Morgan fingerprint density at radius 1 is 1.30 bits per heavy atom. The number of rotatable bonds is 4. The number of amides is 1. The fourth-order valence-corrected chi connectivity index (χ4v) is 5.99. The average molecular weight is 464 g/mol. The van der Waals surface area contributed by atoms with Crippen molar-refractivity contribution in [2.24, 2.45) is 7.05 Å². The number of nitrogens with zero attached hydrogens (tertiary/aromatic N) is 2. The number of anilines is 1. The molecule has 7 nitrogen and oxygen atoms in total. The second-order valence-electron chi connectivity index (χ2n) is 7.11. The largest absolute Gasteiger partial charge is 0.486 e. The van der Waals surface area contributed by atoms with Gasteiger partial charge >= 0.3 is 0 Å². The number of hydrogen-bond donors (Lipinski definition) is 1. The number of ether oxygens (including phenoxy) is 2. The van der Waals surface area contributed by atoms with Gasteiger partial charge in [0.2, 0.25) is 5.91 Å². The third kappa shape index (κ3) is 3.44. The zero-order chi connectivity index (χ0) is 20.8. The zero-order valence-electron chi connectivity index (χ0n) is 16.1. The van der Waals surface area contributed by atoms with Crippen LogP contribution >= 0.6 is 34.7 Å². The minimum atomic E-state index is -0.249. The number of aryl methyl sites for hydroxylation is 2. The Morgan fingerprint density at radius 2 is 2.07 bits per heavy atom. The Morgan fingerprint density at radius 3 is 2.87 bits per heavy atom. The summed E-state index contributed by atoms with van der Waals surface area (Å²) >= 11 is 9.08. The highest BCUT2D eigenvalue weighted by Gasteiger charge is 2.23. The van der Waals surface area contributed by atoms with Crippen molar-refractivity contribution in [3.8, 4) is 11.5 Å². The number of carbonyl (C=O) groups is 1. The number of aromatic nitrogens is 2. The van der Waals surface area contributed by atoms with Gasteiger partial charge in [0, 0.05) is 24.1 Å². The molecule has 3 aromatic rings. The summed E-state index contributed by atoms with van der Waals surface area (Å²) < 4.78 is 12.6. The molecule has 0 saturated heterocycles. The maximum atomic E-state index is 12.9. The molecule has 1 amide bonds. The Hall–Kier alpha value is -2.23. The van der Waals surface area contributed by atoms with Crippen molar-refractivity contribution in [3.05, 3.63) is 37.9 Å². The topological polar surface area (TPSA) is 82.5 Å². The number of thiophene rings is 1. The number of thioether (sulfide) groups is 1. The summed E-state index contributed by atoms with van der Waals surface area (Å²) in [5.41, 5.74) is 1.57. The summed E-state index contributed by atoms with van der Waals surface area (Å²) in [5.74, 6) is 0.964. The van der Waals surface area contributed by atoms with Gasteiger partial charge in [-0.25, -0.2) is 4.98 Å². The first-order valence-corrected chi connectivity index (χ1v) is 11.7. The minimum absolute atomic E-state index is 0.0443. The first-order valence-electron chi connectivity index (χ1n) is 9.54. The number of fused-ring (bicyclic) bond motifs is 4. The molecule has 0 atom stereocenters. The third-order valence-electron chi connectivity index (χ3n) is 5.14. The molecule has 1 aliphatic heterocycles. The van der Waals surface area contributed by atoms with E-state index in [1.165, 1.54) is 21.2 Å². The van der Waals surface area contributed by atoms with E-state index in [9.17, 15) is 9.59 Å². The van der Waals surface area contributed by atoms with E-state index in [2.05, 4.69) is 10.3 Å². The van der Waals surface area contributed by atoms with Gasteiger partial charge in [-0.15, -0.1) is 11.3 Å². The van der Waals surface area contributed by atoms with Crippen molar-refractivity contribution in [3.63, 3.8) is 0 Å². The molecule has 0 bridgehead atoms. The maximum Gasteiger partial charge on any atom is 0.262 e. The van der Waals surface area contributed by atoms with E-state index in [4.69, 9.17) is 21.1 Å². The second-order valence-corrected chi connectivity index (χ2v) is 9.54. The van der Waals surface area contributed by atoms with Gasteiger partial charge in [0.15, 0.2) is 16.7 Å². The molecule has 1 aliphatic carbocycles. The molecule has 3 heterocycles. The van der Waals surface area contributed by atoms with Crippen molar-refractivity contribution in [1.82, 2.24) is 9.55 Å². The number of hydrogen-bond acceptors (Lipinski definition) is 7. The van der Waals surface area contributed by atoms with E-state index in [0.29, 0.717) is 40.6 Å². The highest BCUT2D eigenvalue weighted by atomic mass is 35.5. The summed E-state index contributed by atoms with van der Waals surface area (Å²) in [4.78, 5) is 32.0. The Balaban J connectivity index is 1.33. The van der Waals surface area contributed by atoms with Crippen molar-refractivity contribution in [2.75, 3.05) is 24.3 Å². The first kappa shape index (κ1) is 19.7. The van der Waals surface area contributed by atoms with Gasteiger partial charge in [-0.2, -0.15) is 0 Å². The van der Waals surface area contributed by atoms with Gasteiger partial charge in [-0.05, 0) is 24.8 Å². The Kier molecular flexibility index (Phi) is 5.12. The van der Waals surface area contributed by atoms with Crippen LogP contribution < -0.4 is 20.3 Å². The highest BCUT2D eigenvalue weighted by molar-refractivity contribution is 7.99. The van der Waals surface area contributed by atoms with Crippen LogP contribution in [0.5, 0.6) is 11.5 Å². The van der Waals surface area contributed by atoms with Crippen molar-refractivity contribution < 1.29 is 14.3 Å². The highest BCUT2D eigenvalue weighted by Crippen LogP contribution is 2.38. The van der Waals surface area contributed by atoms with E-state index in [1.807, 2.05) is 0 Å². The average Bonchev–Trinajstić information content (AvgIpc) is 3.31. The summed E-state index contributed by atoms with van der Waals surface area (Å²) in [6.07, 6.45) is 3.05. The number of halogens is 1. The lowest BCUT2D eigenvalue weighted by Gasteiger charge is -2.20. The predicted octanol–water partition coefficient (Wildman–Crippen LogP) is 3.64. The fraction of sp³-hybridized carbons (Fsp3) is 0.350. The third-order valence-corrected chi connectivity index (χ3v) is 7.67. The van der Waals surface area contributed by atoms with Crippen molar-refractivity contribution >= 4 is 56.5 Å². The summed E-state index contributed by atoms with van der Waals surface area (Å²) in [7, 11) is 1.70. The van der Waals surface area contributed by atoms with Crippen LogP contribution in [-0.4, -0.2) is 34.4 Å². The molecule has 0 unspecified atom stereocenters. The first-order chi connectivity index (χ1) is 14.5. The molecule has 10 heteroatoms. The minimum Gasteiger partial charge on any atom is -0.486 e. The quantitative estimate of drug-likeness (QED) is 0.470. The SMILES string of the molecule is Cn1c(SCC(=O)Nc2cc3c(cc2Cl)OCCO3)nc2sc3c(c2c1=O)CCC3. The van der Waals surface area contributed by atoms with E-state index < -0.39 is 0 Å². The molecule has 0 saturated carbocycles. The molecule has 0 radical (unpaired) electrons. The maximum absolute atomic E-state index is 12.9. The molecular formula is C20H18ClN3O4S2. The van der Waals surface area contributed by atoms with Crippen molar-refractivity contribution in [1.29, 1.82) is 0 Å².